The molecule has 0 bridgehead atoms. The van der Waals surface area contributed by atoms with Crippen LogP contribution < -0.4 is 0 Å². The summed E-state index contributed by atoms with van der Waals surface area (Å²) in [4.78, 5) is 24.0. The molecule has 0 fully saturated rings. The zero-order valence-corrected chi connectivity index (χ0v) is 11.4. The van der Waals surface area contributed by atoms with Crippen LogP contribution in [0.25, 0.3) is 0 Å². The van der Waals surface area contributed by atoms with Crippen LogP contribution in [0.1, 0.15) is 34.1 Å². The summed E-state index contributed by atoms with van der Waals surface area (Å²) in [6.07, 6.45) is 3.56. The van der Waals surface area contributed by atoms with E-state index in [4.69, 9.17) is 9.47 Å². The molecular weight excluding hydrogens is 232 g/mol. The van der Waals surface area contributed by atoms with E-state index in [0.29, 0.717) is 6.42 Å². The Balaban J connectivity index is 5.55. The van der Waals surface area contributed by atoms with Gasteiger partial charge < -0.3 is 9.47 Å². The molecule has 0 saturated heterocycles. The monoisotopic (exact) mass is 252 g/mol. The number of hydrogen-bond acceptors (Lipinski definition) is 4. The van der Waals surface area contributed by atoms with Gasteiger partial charge in [-0.1, -0.05) is 18.9 Å². The predicted octanol–water partition coefficient (Wildman–Crippen LogP) is 2.09. The fourth-order valence-corrected chi connectivity index (χ4v) is 1.33. The molecule has 0 aliphatic rings. The topological polar surface area (TPSA) is 52.6 Å². The molecule has 0 aromatic rings. The molecule has 0 aliphatic carbocycles. The first-order valence-corrected chi connectivity index (χ1v) is 6.07. The molecule has 0 unspecified atom stereocenters. The van der Waals surface area contributed by atoms with Crippen molar-refractivity contribution < 1.29 is 19.1 Å². The molecule has 0 spiro atoms. The van der Waals surface area contributed by atoms with Gasteiger partial charge in [0, 0.05) is 6.42 Å². The summed E-state index contributed by atoms with van der Waals surface area (Å²) in [6, 6.07) is 0. The summed E-state index contributed by atoms with van der Waals surface area (Å²) in [5.41, 5.74) is -1.64. The molecule has 0 radical (unpaired) electrons. The molecule has 0 rings (SSSR count). The summed E-state index contributed by atoms with van der Waals surface area (Å²) in [5, 5.41) is 0. The van der Waals surface area contributed by atoms with E-state index in [1.165, 1.54) is 6.08 Å². The van der Waals surface area contributed by atoms with Crippen molar-refractivity contribution in [2.45, 2.75) is 34.1 Å². The molecule has 4 nitrogen and oxygen atoms in total. The minimum atomic E-state index is -1.64. The standard InChI is InChI=1S/C14H20O4/c1-5-9-11-14(10-6-2,12(15)17-7-3)13(16)18-8-4/h6,10H,5,7-8H2,1-4H3. The molecule has 0 atom stereocenters. The van der Waals surface area contributed by atoms with Crippen molar-refractivity contribution in [2.75, 3.05) is 13.2 Å². The quantitative estimate of drug-likeness (QED) is 0.325. The van der Waals surface area contributed by atoms with E-state index >= 15 is 0 Å². The Morgan fingerprint density at radius 2 is 1.61 bits per heavy atom. The van der Waals surface area contributed by atoms with Crippen LogP contribution in [0.3, 0.4) is 0 Å². The molecule has 0 N–H and O–H groups in total. The predicted molar refractivity (Wildman–Crippen MR) is 68.6 cm³/mol. The van der Waals surface area contributed by atoms with Crippen LogP contribution in [-0.4, -0.2) is 25.2 Å². The molecule has 0 aliphatic heterocycles. The minimum Gasteiger partial charge on any atom is -0.464 e. The van der Waals surface area contributed by atoms with Crippen molar-refractivity contribution in [3.05, 3.63) is 12.2 Å². The molecule has 4 heteroatoms. The van der Waals surface area contributed by atoms with E-state index in [9.17, 15) is 9.59 Å². The van der Waals surface area contributed by atoms with Crippen LogP contribution in [-0.2, 0) is 19.1 Å². The maximum Gasteiger partial charge on any atom is 0.339 e. The number of allylic oxidation sites excluding steroid dienone is 1. The van der Waals surface area contributed by atoms with Crippen LogP contribution in [0.4, 0.5) is 0 Å². The fourth-order valence-electron chi connectivity index (χ4n) is 1.33. The number of ether oxygens (including phenoxy) is 2. The van der Waals surface area contributed by atoms with Crippen molar-refractivity contribution in [2.24, 2.45) is 5.41 Å². The maximum absolute atomic E-state index is 12.0. The summed E-state index contributed by atoms with van der Waals surface area (Å²) < 4.78 is 9.86. The largest absolute Gasteiger partial charge is 0.464 e. The van der Waals surface area contributed by atoms with Crippen LogP contribution in [0.2, 0.25) is 0 Å². The molecule has 0 amide bonds. The van der Waals surface area contributed by atoms with Crippen molar-refractivity contribution in [3.8, 4) is 11.8 Å². The number of esters is 2. The van der Waals surface area contributed by atoms with Gasteiger partial charge in [0.05, 0.1) is 13.2 Å². The van der Waals surface area contributed by atoms with Gasteiger partial charge in [0.25, 0.3) is 0 Å². The Morgan fingerprint density at radius 1 is 1.11 bits per heavy atom. The molecule has 0 aromatic carbocycles. The van der Waals surface area contributed by atoms with Crippen molar-refractivity contribution in [3.63, 3.8) is 0 Å². The Morgan fingerprint density at radius 3 is 1.94 bits per heavy atom. The minimum absolute atomic E-state index is 0.186. The first-order valence-electron chi connectivity index (χ1n) is 6.07. The summed E-state index contributed by atoms with van der Waals surface area (Å²) >= 11 is 0. The van der Waals surface area contributed by atoms with Crippen LogP contribution in [0.5, 0.6) is 0 Å². The summed E-state index contributed by atoms with van der Waals surface area (Å²) in [5.74, 6) is 4.03. The number of hydrogen-bond donors (Lipinski definition) is 0. The van der Waals surface area contributed by atoms with Gasteiger partial charge in [0.2, 0.25) is 5.41 Å². The Labute approximate surface area is 108 Å². The highest BCUT2D eigenvalue weighted by Crippen LogP contribution is 2.23. The van der Waals surface area contributed by atoms with E-state index in [1.807, 2.05) is 6.92 Å². The van der Waals surface area contributed by atoms with Gasteiger partial charge in [0.1, 0.15) is 0 Å². The highest BCUT2D eigenvalue weighted by molar-refractivity contribution is 6.06. The lowest BCUT2D eigenvalue weighted by atomic mass is 9.88. The third kappa shape index (κ3) is 3.92. The highest BCUT2D eigenvalue weighted by atomic mass is 16.6. The summed E-state index contributed by atoms with van der Waals surface area (Å²) in [6.45, 7) is 7.27. The zero-order chi connectivity index (χ0) is 14.0. The highest BCUT2D eigenvalue weighted by Gasteiger charge is 2.45. The van der Waals surface area contributed by atoms with E-state index in [2.05, 4.69) is 11.8 Å². The van der Waals surface area contributed by atoms with E-state index in [-0.39, 0.29) is 13.2 Å². The van der Waals surface area contributed by atoms with E-state index in [0.717, 1.165) is 0 Å². The van der Waals surface area contributed by atoms with Crippen LogP contribution >= 0.6 is 0 Å². The third-order valence-electron chi connectivity index (χ3n) is 2.07. The van der Waals surface area contributed by atoms with Gasteiger partial charge in [-0.3, -0.25) is 0 Å². The first-order chi connectivity index (χ1) is 8.58. The summed E-state index contributed by atoms with van der Waals surface area (Å²) in [7, 11) is 0. The number of carbonyl (C=O) groups excluding carboxylic acids is 2. The average molecular weight is 252 g/mol. The van der Waals surface area contributed by atoms with Crippen LogP contribution in [0, 0.1) is 17.3 Å². The second-order valence-electron chi connectivity index (χ2n) is 3.40. The third-order valence-corrected chi connectivity index (χ3v) is 2.07. The van der Waals surface area contributed by atoms with Gasteiger partial charge in [-0.05, 0) is 26.8 Å². The Hall–Kier alpha value is -1.76. The Bertz CT molecular complexity index is 353. The smallest absolute Gasteiger partial charge is 0.339 e. The molecule has 18 heavy (non-hydrogen) atoms. The van der Waals surface area contributed by atoms with Gasteiger partial charge in [-0.25, -0.2) is 9.59 Å². The van der Waals surface area contributed by atoms with E-state index in [1.54, 1.807) is 26.8 Å². The molecule has 0 saturated carbocycles. The van der Waals surface area contributed by atoms with Gasteiger partial charge in [0.15, 0.2) is 0 Å². The molecule has 100 valence electrons. The Kier molecular flexibility index (Phi) is 7.53. The van der Waals surface area contributed by atoms with Gasteiger partial charge in [-0.2, -0.15) is 0 Å². The fraction of sp³-hybridized carbons (Fsp3) is 0.571. The normalized spacial score (nSPS) is 10.7. The maximum atomic E-state index is 12.0. The number of rotatable bonds is 5. The average Bonchev–Trinajstić information content (AvgIpc) is 2.35. The second-order valence-corrected chi connectivity index (χ2v) is 3.40. The van der Waals surface area contributed by atoms with E-state index < -0.39 is 17.4 Å². The lowest BCUT2D eigenvalue weighted by Crippen LogP contribution is -2.39. The first kappa shape index (κ1) is 16.2. The van der Waals surface area contributed by atoms with Crippen molar-refractivity contribution >= 4 is 11.9 Å². The van der Waals surface area contributed by atoms with Gasteiger partial charge in [-0.15, -0.1) is 5.92 Å². The molecule has 0 aromatic heterocycles. The number of carbonyl (C=O) groups is 2. The molecular formula is C14H20O4. The lowest BCUT2D eigenvalue weighted by molar-refractivity contribution is -0.163. The van der Waals surface area contributed by atoms with Crippen LogP contribution in [0.15, 0.2) is 12.2 Å². The van der Waals surface area contributed by atoms with Crippen molar-refractivity contribution in [1.29, 1.82) is 0 Å². The SMILES string of the molecule is CC=CC(C#CCC)(C(=O)OCC)C(=O)OCC. The molecule has 0 heterocycles. The lowest BCUT2D eigenvalue weighted by Gasteiger charge is -2.20. The second kappa shape index (κ2) is 8.35. The zero-order valence-electron chi connectivity index (χ0n) is 11.4. The van der Waals surface area contributed by atoms with Crippen molar-refractivity contribution in [1.82, 2.24) is 0 Å². The van der Waals surface area contributed by atoms with Gasteiger partial charge >= 0.3 is 11.9 Å².